The lowest BCUT2D eigenvalue weighted by Crippen LogP contribution is -2.35. The standard InChI is InChI=1S/C13H20N4O/c1-4-13(3,5-8-18)15-12-11-9-10(2)16-17(11)7-6-14-12/h6-7,9,18H,4-5,8H2,1-3H3,(H,14,15). The zero-order valence-electron chi connectivity index (χ0n) is 11.1. The van der Waals surface area contributed by atoms with Crippen molar-refractivity contribution < 1.29 is 5.11 Å². The van der Waals surface area contributed by atoms with Crippen LogP contribution in [0.25, 0.3) is 5.52 Å². The largest absolute Gasteiger partial charge is 0.396 e. The first-order valence-corrected chi connectivity index (χ1v) is 6.28. The molecule has 1 atom stereocenters. The number of aliphatic hydroxyl groups excluding tert-OH is 1. The summed E-state index contributed by atoms with van der Waals surface area (Å²) in [6.07, 6.45) is 5.18. The maximum atomic E-state index is 9.15. The predicted molar refractivity (Wildman–Crippen MR) is 71.7 cm³/mol. The Morgan fingerprint density at radius 2 is 2.28 bits per heavy atom. The van der Waals surface area contributed by atoms with Crippen LogP contribution in [0.3, 0.4) is 0 Å². The average Bonchev–Trinajstić information content (AvgIpc) is 2.71. The van der Waals surface area contributed by atoms with Gasteiger partial charge in [0.1, 0.15) is 5.52 Å². The second-order valence-corrected chi connectivity index (χ2v) is 4.90. The lowest BCUT2D eigenvalue weighted by Gasteiger charge is -2.29. The molecule has 2 rings (SSSR count). The monoisotopic (exact) mass is 248 g/mol. The Kier molecular flexibility index (Phi) is 3.52. The highest BCUT2D eigenvalue weighted by Gasteiger charge is 2.22. The van der Waals surface area contributed by atoms with E-state index in [1.165, 1.54) is 0 Å². The number of hydrogen-bond donors (Lipinski definition) is 2. The molecular formula is C13H20N4O. The number of nitrogens with zero attached hydrogens (tertiary/aromatic N) is 3. The Bertz CT molecular complexity index is 537. The molecule has 5 nitrogen and oxygen atoms in total. The summed E-state index contributed by atoms with van der Waals surface area (Å²) < 4.78 is 1.82. The first-order valence-electron chi connectivity index (χ1n) is 6.28. The van der Waals surface area contributed by atoms with E-state index < -0.39 is 0 Å². The Labute approximate surface area is 107 Å². The Hall–Kier alpha value is -1.62. The third-order valence-corrected chi connectivity index (χ3v) is 3.38. The third-order valence-electron chi connectivity index (χ3n) is 3.38. The minimum atomic E-state index is -0.151. The smallest absolute Gasteiger partial charge is 0.152 e. The average molecular weight is 248 g/mol. The molecule has 18 heavy (non-hydrogen) atoms. The Morgan fingerprint density at radius 3 is 2.94 bits per heavy atom. The van der Waals surface area contributed by atoms with E-state index in [0.717, 1.165) is 23.4 Å². The maximum Gasteiger partial charge on any atom is 0.152 e. The van der Waals surface area contributed by atoms with E-state index in [-0.39, 0.29) is 12.1 Å². The van der Waals surface area contributed by atoms with Gasteiger partial charge in [-0.15, -0.1) is 0 Å². The summed E-state index contributed by atoms with van der Waals surface area (Å²) in [7, 11) is 0. The molecule has 2 N–H and O–H groups in total. The molecular weight excluding hydrogens is 228 g/mol. The topological polar surface area (TPSA) is 62.5 Å². The third kappa shape index (κ3) is 2.46. The van der Waals surface area contributed by atoms with Crippen molar-refractivity contribution in [3.8, 4) is 0 Å². The van der Waals surface area contributed by atoms with Crippen LogP contribution >= 0.6 is 0 Å². The summed E-state index contributed by atoms with van der Waals surface area (Å²) in [5.74, 6) is 0.816. The number of aliphatic hydroxyl groups is 1. The van der Waals surface area contributed by atoms with E-state index in [0.29, 0.717) is 6.42 Å². The van der Waals surface area contributed by atoms with E-state index in [4.69, 9.17) is 5.11 Å². The fraction of sp³-hybridized carbons (Fsp3) is 0.538. The van der Waals surface area contributed by atoms with Crippen molar-refractivity contribution in [1.82, 2.24) is 14.6 Å². The van der Waals surface area contributed by atoms with E-state index in [9.17, 15) is 0 Å². The summed E-state index contributed by atoms with van der Waals surface area (Å²) >= 11 is 0. The first kappa shape index (κ1) is 12.8. The SMILES string of the molecule is CCC(C)(CCO)Nc1nccn2nc(C)cc12. The molecule has 0 fully saturated rings. The maximum absolute atomic E-state index is 9.15. The van der Waals surface area contributed by atoms with Gasteiger partial charge in [0, 0.05) is 24.5 Å². The van der Waals surface area contributed by atoms with Crippen LogP contribution < -0.4 is 5.32 Å². The van der Waals surface area contributed by atoms with Crippen molar-refractivity contribution in [1.29, 1.82) is 0 Å². The van der Waals surface area contributed by atoms with E-state index in [2.05, 4.69) is 29.2 Å². The first-order chi connectivity index (χ1) is 8.58. The summed E-state index contributed by atoms with van der Waals surface area (Å²) in [5.41, 5.74) is 1.78. The van der Waals surface area contributed by atoms with Crippen LogP contribution in [-0.2, 0) is 0 Å². The Balaban J connectivity index is 2.36. The van der Waals surface area contributed by atoms with Crippen LogP contribution in [-0.4, -0.2) is 31.9 Å². The molecule has 0 saturated heterocycles. The number of aromatic nitrogens is 3. The van der Waals surface area contributed by atoms with Gasteiger partial charge in [-0.2, -0.15) is 5.10 Å². The lowest BCUT2D eigenvalue weighted by atomic mass is 9.95. The molecule has 0 spiro atoms. The number of anilines is 1. The van der Waals surface area contributed by atoms with Gasteiger partial charge in [-0.05, 0) is 32.8 Å². The number of aryl methyl sites for hydroxylation is 1. The second-order valence-electron chi connectivity index (χ2n) is 4.90. The minimum Gasteiger partial charge on any atom is -0.396 e. The van der Waals surface area contributed by atoms with Crippen molar-refractivity contribution in [2.45, 2.75) is 39.2 Å². The zero-order valence-corrected chi connectivity index (χ0v) is 11.1. The molecule has 2 aromatic rings. The highest BCUT2D eigenvalue weighted by Crippen LogP contribution is 2.23. The molecule has 0 aliphatic carbocycles. The van der Waals surface area contributed by atoms with Gasteiger partial charge in [0.05, 0.1) is 5.69 Å². The van der Waals surface area contributed by atoms with Gasteiger partial charge < -0.3 is 10.4 Å². The van der Waals surface area contributed by atoms with Crippen LogP contribution in [0.2, 0.25) is 0 Å². The molecule has 1 unspecified atom stereocenters. The minimum absolute atomic E-state index is 0.151. The van der Waals surface area contributed by atoms with Crippen LogP contribution in [0.4, 0.5) is 5.82 Å². The van der Waals surface area contributed by atoms with Crippen molar-refractivity contribution in [3.63, 3.8) is 0 Å². The van der Waals surface area contributed by atoms with Gasteiger partial charge in [-0.25, -0.2) is 9.50 Å². The van der Waals surface area contributed by atoms with Gasteiger partial charge in [0.15, 0.2) is 5.82 Å². The van der Waals surface area contributed by atoms with E-state index in [1.54, 1.807) is 6.20 Å². The van der Waals surface area contributed by atoms with Crippen LogP contribution in [0.1, 0.15) is 32.4 Å². The highest BCUT2D eigenvalue weighted by molar-refractivity contribution is 5.68. The van der Waals surface area contributed by atoms with Crippen molar-refractivity contribution in [3.05, 3.63) is 24.2 Å². The lowest BCUT2D eigenvalue weighted by molar-refractivity contribution is 0.252. The number of rotatable bonds is 5. The summed E-state index contributed by atoms with van der Waals surface area (Å²) in [4.78, 5) is 4.38. The molecule has 0 amide bonds. The van der Waals surface area contributed by atoms with Gasteiger partial charge in [-0.3, -0.25) is 0 Å². The van der Waals surface area contributed by atoms with Crippen molar-refractivity contribution >= 4 is 11.3 Å². The predicted octanol–water partition coefficient (Wildman–Crippen LogP) is 2.00. The van der Waals surface area contributed by atoms with Crippen LogP contribution in [0.5, 0.6) is 0 Å². The quantitative estimate of drug-likeness (QED) is 0.849. The summed E-state index contributed by atoms with van der Waals surface area (Å²) in [5, 5.41) is 16.9. The van der Waals surface area contributed by atoms with E-state index in [1.807, 2.05) is 23.7 Å². The second kappa shape index (κ2) is 4.94. The molecule has 0 aliphatic heterocycles. The molecule has 0 aliphatic rings. The zero-order chi connectivity index (χ0) is 13.2. The van der Waals surface area contributed by atoms with Crippen LogP contribution in [0.15, 0.2) is 18.5 Å². The molecule has 2 heterocycles. The highest BCUT2D eigenvalue weighted by atomic mass is 16.3. The fourth-order valence-corrected chi connectivity index (χ4v) is 2.00. The van der Waals surface area contributed by atoms with Gasteiger partial charge in [0.25, 0.3) is 0 Å². The summed E-state index contributed by atoms with van der Waals surface area (Å²) in [6.45, 7) is 6.32. The van der Waals surface area contributed by atoms with Crippen molar-refractivity contribution in [2.24, 2.45) is 0 Å². The molecule has 2 aromatic heterocycles. The fourth-order valence-electron chi connectivity index (χ4n) is 2.00. The Morgan fingerprint density at radius 1 is 1.50 bits per heavy atom. The molecule has 0 aromatic carbocycles. The molecule has 98 valence electrons. The summed E-state index contributed by atoms with van der Waals surface area (Å²) in [6, 6.07) is 2.00. The molecule has 5 heteroatoms. The van der Waals surface area contributed by atoms with Crippen molar-refractivity contribution in [2.75, 3.05) is 11.9 Å². The normalized spacial score (nSPS) is 14.7. The number of fused-ring (bicyclic) bond motifs is 1. The van der Waals surface area contributed by atoms with Crippen LogP contribution in [0, 0.1) is 6.92 Å². The van der Waals surface area contributed by atoms with Gasteiger partial charge in [-0.1, -0.05) is 6.92 Å². The van der Waals surface area contributed by atoms with Gasteiger partial charge >= 0.3 is 0 Å². The number of hydrogen-bond acceptors (Lipinski definition) is 4. The van der Waals surface area contributed by atoms with E-state index >= 15 is 0 Å². The molecule has 0 saturated carbocycles. The molecule has 0 radical (unpaired) electrons. The van der Waals surface area contributed by atoms with Gasteiger partial charge in [0.2, 0.25) is 0 Å². The number of nitrogens with one attached hydrogen (secondary N) is 1. The molecule has 0 bridgehead atoms.